The van der Waals surface area contributed by atoms with E-state index in [-0.39, 0.29) is 16.2 Å². The highest BCUT2D eigenvalue weighted by atomic mass is 35.5. The second-order valence-corrected chi connectivity index (χ2v) is 8.07. The Bertz CT molecular complexity index is 927. The number of hydrogen-bond donors (Lipinski definition) is 1. The van der Waals surface area contributed by atoms with Crippen molar-refractivity contribution in [1.29, 1.82) is 0 Å². The first-order valence-corrected chi connectivity index (χ1v) is 9.87. The van der Waals surface area contributed by atoms with Gasteiger partial charge in [-0.05, 0) is 31.2 Å². The number of carbonyl (C=O) groups is 2. The molecule has 0 unspecified atom stereocenters. The Morgan fingerprint density at radius 2 is 1.73 bits per heavy atom. The summed E-state index contributed by atoms with van der Waals surface area (Å²) in [6, 6.07) is 12.4. The maximum atomic E-state index is 12.4. The first kappa shape index (κ1) is 19.9. The standard InChI is InChI=1S/C18H18ClNO5S/c1-3-26(23,24)16-11-7-4-8-13(16)18(22)25-12(2)17(21)20-15-10-6-5-9-14(15)19/h4-12H,3H2,1-2H3,(H,20,21)/t12-/m1/s1. The molecule has 0 aliphatic rings. The second kappa shape index (κ2) is 8.33. The number of rotatable bonds is 6. The van der Waals surface area contributed by atoms with E-state index in [0.29, 0.717) is 10.7 Å². The van der Waals surface area contributed by atoms with Gasteiger partial charge in [-0.2, -0.15) is 0 Å². The van der Waals surface area contributed by atoms with E-state index < -0.39 is 27.8 Å². The average molecular weight is 396 g/mol. The minimum atomic E-state index is -3.60. The van der Waals surface area contributed by atoms with Crippen molar-refractivity contribution in [2.75, 3.05) is 11.1 Å². The number of nitrogens with one attached hydrogen (secondary N) is 1. The van der Waals surface area contributed by atoms with Crippen molar-refractivity contribution in [3.8, 4) is 0 Å². The molecule has 2 aromatic rings. The number of para-hydroxylation sites is 1. The van der Waals surface area contributed by atoms with Gasteiger partial charge >= 0.3 is 5.97 Å². The van der Waals surface area contributed by atoms with Crippen LogP contribution in [0, 0.1) is 0 Å². The lowest BCUT2D eigenvalue weighted by atomic mass is 10.2. The summed E-state index contributed by atoms with van der Waals surface area (Å²) in [6.45, 7) is 2.87. The summed E-state index contributed by atoms with van der Waals surface area (Å²) in [5, 5.41) is 2.90. The number of benzene rings is 2. The molecule has 2 rings (SSSR count). The van der Waals surface area contributed by atoms with Crippen molar-refractivity contribution >= 4 is 39.0 Å². The highest BCUT2D eigenvalue weighted by molar-refractivity contribution is 7.91. The van der Waals surface area contributed by atoms with Gasteiger partial charge in [-0.3, -0.25) is 4.79 Å². The van der Waals surface area contributed by atoms with E-state index in [9.17, 15) is 18.0 Å². The average Bonchev–Trinajstić information content (AvgIpc) is 2.63. The van der Waals surface area contributed by atoms with Crippen LogP contribution in [0.5, 0.6) is 0 Å². The molecule has 138 valence electrons. The molecule has 1 N–H and O–H groups in total. The van der Waals surface area contributed by atoms with E-state index in [1.165, 1.54) is 38.1 Å². The number of hydrogen-bond acceptors (Lipinski definition) is 5. The van der Waals surface area contributed by atoms with Crippen molar-refractivity contribution in [3.63, 3.8) is 0 Å². The number of esters is 1. The molecule has 2 aromatic carbocycles. The third kappa shape index (κ3) is 4.62. The molecular weight excluding hydrogens is 378 g/mol. The summed E-state index contributed by atoms with van der Waals surface area (Å²) in [6.07, 6.45) is -1.14. The number of ether oxygens (including phenoxy) is 1. The molecule has 0 radical (unpaired) electrons. The van der Waals surface area contributed by atoms with Gasteiger partial charge in [0.25, 0.3) is 5.91 Å². The molecule has 0 aromatic heterocycles. The third-order valence-corrected chi connectivity index (χ3v) is 5.72. The van der Waals surface area contributed by atoms with Crippen molar-refractivity contribution in [1.82, 2.24) is 0 Å². The van der Waals surface area contributed by atoms with Gasteiger partial charge in [-0.15, -0.1) is 0 Å². The molecule has 0 spiro atoms. The van der Waals surface area contributed by atoms with Gasteiger partial charge in [-0.1, -0.05) is 42.8 Å². The van der Waals surface area contributed by atoms with Crippen LogP contribution in [0.15, 0.2) is 53.4 Å². The Morgan fingerprint density at radius 1 is 1.12 bits per heavy atom. The lowest BCUT2D eigenvalue weighted by Gasteiger charge is -2.15. The summed E-state index contributed by atoms with van der Waals surface area (Å²) in [5.74, 6) is -1.62. The van der Waals surface area contributed by atoms with Gasteiger partial charge in [0.2, 0.25) is 0 Å². The molecule has 0 fully saturated rings. The number of carbonyl (C=O) groups excluding carboxylic acids is 2. The highest BCUT2D eigenvalue weighted by Crippen LogP contribution is 2.22. The summed E-state index contributed by atoms with van der Waals surface area (Å²) in [4.78, 5) is 24.5. The summed E-state index contributed by atoms with van der Waals surface area (Å²) < 4.78 is 29.4. The van der Waals surface area contributed by atoms with Crippen LogP contribution in [-0.4, -0.2) is 32.2 Å². The predicted octanol–water partition coefficient (Wildman–Crippen LogP) is 3.32. The molecule has 1 amide bonds. The van der Waals surface area contributed by atoms with Crippen LogP contribution in [0.2, 0.25) is 5.02 Å². The smallest absolute Gasteiger partial charge is 0.340 e. The summed E-state index contributed by atoms with van der Waals surface area (Å²) >= 11 is 5.97. The lowest BCUT2D eigenvalue weighted by Crippen LogP contribution is -2.30. The fourth-order valence-corrected chi connectivity index (χ4v) is 3.40. The van der Waals surface area contributed by atoms with Crippen molar-refractivity contribution < 1.29 is 22.7 Å². The number of sulfone groups is 1. The molecule has 26 heavy (non-hydrogen) atoms. The summed E-state index contributed by atoms with van der Waals surface area (Å²) in [5.41, 5.74) is 0.280. The minimum absolute atomic E-state index is 0.105. The molecule has 1 atom stereocenters. The van der Waals surface area contributed by atoms with E-state index in [4.69, 9.17) is 16.3 Å². The fourth-order valence-electron chi connectivity index (χ4n) is 2.14. The largest absolute Gasteiger partial charge is 0.449 e. The fraction of sp³-hybridized carbons (Fsp3) is 0.222. The number of amides is 1. The lowest BCUT2D eigenvalue weighted by molar-refractivity contribution is -0.123. The van der Waals surface area contributed by atoms with Gasteiger partial charge in [0, 0.05) is 0 Å². The first-order chi connectivity index (χ1) is 12.3. The minimum Gasteiger partial charge on any atom is -0.449 e. The molecule has 0 aliphatic carbocycles. The number of halogens is 1. The molecule has 6 nitrogen and oxygen atoms in total. The van der Waals surface area contributed by atoms with Gasteiger partial charge in [0.05, 0.1) is 26.9 Å². The molecule has 8 heteroatoms. The Balaban J connectivity index is 2.15. The molecule has 0 saturated carbocycles. The highest BCUT2D eigenvalue weighted by Gasteiger charge is 2.25. The predicted molar refractivity (Wildman–Crippen MR) is 99.1 cm³/mol. The maximum Gasteiger partial charge on any atom is 0.340 e. The monoisotopic (exact) mass is 395 g/mol. The van der Waals surface area contributed by atoms with Crippen molar-refractivity contribution in [2.45, 2.75) is 24.8 Å². The maximum absolute atomic E-state index is 12.4. The third-order valence-electron chi connectivity index (χ3n) is 3.61. The van der Waals surface area contributed by atoms with Crippen LogP contribution in [0.1, 0.15) is 24.2 Å². The van der Waals surface area contributed by atoms with Gasteiger partial charge in [0.15, 0.2) is 15.9 Å². The van der Waals surface area contributed by atoms with Crippen molar-refractivity contribution in [3.05, 3.63) is 59.1 Å². The van der Waals surface area contributed by atoms with Crippen LogP contribution in [-0.2, 0) is 19.4 Å². The first-order valence-electron chi connectivity index (χ1n) is 7.84. The van der Waals surface area contributed by atoms with E-state index in [1.807, 2.05) is 0 Å². The van der Waals surface area contributed by atoms with Crippen LogP contribution < -0.4 is 5.32 Å². The quantitative estimate of drug-likeness (QED) is 0.758. The normalized spacial score (nSPS) is 12.3. The number of anilines is 1. The molecule has 0 heterocycles. The second-order valence-electron chi connectivity index (χ2n) is 5.42. The topological polar surface area (TPSA) is 89.5 Å². The van der Waals surface area contributed by atoms with Crippen LogP contribution in [0.25, 0.3) is 0 Å². The summed E-state index contributed by atoms with van der Waals surface area (Å²) in [7, 11) is -3.60. The van der Waals surface area contributed by atoms with Gasteiger partial charge < -0.3 is 10.1 Å². The van der Waals surface area contributed by atoms with Crippen LogP contribution in [0.3, 0.4) is 0 Å². The van der Waals surface area contributed by atoms with Crippen molar-refractivity contribution in [2.24, 2.45) is 0 Å². The van der Waals surface area contributed by atoms with Crippen LogP contribution >= 0.6 is 11.6 Å². The Hall–Kier alpha value is -2.38. The zero-order valence-electron chi connectivity index (χ0n) is 14.2. The Morgan fingerprint density at radius 3 is 2.38 bits per heavy atom. The molecular formula is C18H18ClNO5S. The van der Waals surface area contributed by atoms with E-state index in [2.05, 4.69) is 5.32 Å². The Kier molecular flexibility index (Phi) is 6.39. The van der Waals surface area contributed by atoms with E-state index in [1.54, 1.807) is 24.3 Å². The molecule has 0 saturated heterocycles. The van der Waals surface area contributed by atoms with E-state index in [0.717, 1.165) is 0 Å². The Labute approximate surface area is 157 Å². The molecule has 0 aliphatic heterocycles. The van der Waals surface area contributed by atoms with Gasteiger partial charge in [0.1, 0.15) is 0 Å². The zero-order chi connectivity index (χ0) is 19.3. The molecule has 0 bridgehead atoms. The zero-order valence-corrected chi connectivity index (χ0v) is 15.8. The SMILES string of the molecule is CCS(=O)(=O)c1ccccc1C(=O)O[C@H](C)C(=O)Nc1ccccc1Cl. The van der Waals surface area contributed by atoms with Gasteiger partial charge in [-0.25, -0.2) is 13.2 Å². The van der Waals surface area contributed by atoms with Crippen LogP contribution in [0.4, 0.5) is 5.69 Å². The van der Waals surface area contributed by atoms with E-state index >= 15 is 0 Å².